The molecule has 0 unspecified atom stereocenters. The van der Waals surface area contributed by atoms with E-state index in [0.717, 1.165) is 16.5 Å². The molecule has 0 radical (unpaired) electrons. The summed E-state index contributed by atoms with van der Waals surface area (Å²) in [5.41, 5.74) is 3.25. The fourth-order valence-corrected chi connectivity index (χ4v) is 3.34. The van der Waals surface area contributed by atoms with Gasteiger partial charge in [0.1, 0.15) is 17.9 Å². The monoisotopic (exact) mass is 376 g/mol. The van der Waals surface area contributed by atoms with Crippen LogP contribution in [0.4, 0.5) is 0 Å². The highest BCUT2D eigenvalue weighted by Crippen LogP contribution is 2.30. The lowest BCUT2D eigenvalue weighted by molar-refractivity contribution is 0.307. The summed E-state index contributed by atoms with van der Waals surface area (Å²) in [6.45, 7) is 6.50. The second kappa shape index (κ2) is 7.11. The molecule has 0 aliphatic heterocycles. The number of rotatable bonds is 4. The number of halogens is 2. The Morgan fingerprint density at radius 3 is 2.56 bits per heavy atom. The van der Waals surface area contributed by atoms with E-state index in [0.29, 0.717) is 27.3 Å². The van der Waals surface area contributed by atoms with Gasteiger partial charge < -0.3 is 9.15 Å². The molecule has 0 fully saturated rings. The van der Waals surface area contributed by atoms with E-state index in [9.17, 15) is 4.79 Å². The fraction of sp³-hybridized carbons (Fsp3) is 0.250. The van der Waals surface area contributed by atoms with E-state index in [1.165, 1.54) is 11.6 Å². The maximum atomic E-state index is 11.9. The summed E-state index contributed by atoms with van der Waals surface area (Å²) < 4.78 is 11.2. The maximum Gasteiger partial charge on any atom is 0.336 e. The Kier molecular flexibility index (Phi) is 5.07. The number of ether oxygens (including phenoxy) is 1. The lowest BCUT2D eigenvalue weighted by atomic mass is 9.95. The molecular weight excluding hydrogens is 359 g/mol. The molecule has 0 aliphatic rings. The minimum atomic E-state index is -0.398. The molecule has 25 heavy (non-hydrogen) atoms. The zero-order valence-corrected chi connectivity index (χ0v) is 15.7. The van der Waals surface area contributed by atoms with Gasteiger partial charge >= 0.3 is 5.63 Å². The first-order chi connectivity index (χ1) is 11.8. The van der Waals surface area contributed by atoms with E-state index in [4.69, 9.17) is 32.4 Å². The van der Waals surface area contributed by atoms with Crippen LogP contribution in [0.2, 0.25) is 10.0 Å². The summed E-state index contributed by atoms with van der Waals surface area (Å²) in [4.78, 5) is 11.9. The summed E-state index contributed by atoms with van der Waals surface area (Å²) >= 11 is 12.0. The topological polar surface area (TPSA) is 39.4 Å². The standard InChI is InChI=1S/C20H18Cl2O3/c1-11(2)15-9-16-13(7-20(23)25-19(16)6-12(15)3)10-24-18-5-4-14(21)8-17(18)22/h4-9,11H,10H2,1-3H3. The predicted molar refractivity (Wildman–Crippen MR) is 102 cm³/mol. The molecule has 3 aromatic rings. The molecular formula is C20H18Cl2O3. The lowest BCUT2D eigenvalue weighted by Gasteiger charge is -2.14. The van der Waals surface area contributed by atoms with Crippen LogP contribution in [0.5, 0.6) is 5.75 Å². The quantitative estimate of drug-likeness (QED) is 0.515. The number of hydrogen-bond donors (Lipinski definition) is 0. The van der Waals surface area contributed by atoms with E-state index in [-0.39, 0.29) is 6.61 Å². The Bertz CT molecular complexity index is 990. The van der Waals surface area contributed by atoms with Crippen LogP contribution < -0.4 is 10.4 Å². The largest absolute Gasteiger partial charge is 0.487 e. The molecule has 2 aromatic carbocycles. The average Bonchev–Trinajstić information content (AvgIpc) is 2.52. The van der Waals surface area contributed by atoms with Crippen molar-refractivity contribution in [3.8, 4) is 5.75 Å². The number of hydrogen-bond acceptors (Lipinski definition) is 3. The molecule has 0 aliphatic carbocycles. The zero-order valence-electron chi connectivity index (χ0n) is 14.2. The van der Waals surface area contributed by atoms with Gasteiger partial charge in [-0.1, -0.05) is 37.0 Å². The molecule has 0 amide bonds. The van der Waals surface area contributed by atoms with Gasteiger partial charge in [0.2, 0.25) is 0 Å². The second-order valence-electron chi connectivity index (χ2n) is 6.31. The summed E-state index contributed by atoms with van der Waals surface area (Å²) in [7, 11) is 0. The third-order valence-electron chi connectivity index (χ3n) is 4.12. The van der Waals surface area contributed by atoms with Gasteiger partial charge in [-0.3, -0.25) is 0 Å². The van der Waals surface area contributed by atoms with Gasteiger partial charge in [0, 0.05) is 22.0 Å². The normalized spacial score (nSPS) is 11.3. The molecule has 1 heterocycles. The Labute approximate surface area is 156 Å². The summed E-state index contributed by atoms with van der Waals surface area (Å²) in [5.74, 6) is 0.888. The van der Waals surface area contributed by atoms with Crippen molar-refractivity contribution in [2.75, 3.05) is 0 Å². The minimum Gasteiger partial charge on any atom is -0.487 e. The lowest BCUT2D eigenvalue weighted by Crippen LogP contribution is -2.05. The van der Waals surface area contributed by atoms with Gasteiger partial charge in [0.05, 0.1) is 5.02 Å². The number of aryl methyl sites for hydroxylation is 1. The van der Waals surface area contributed by atoms with Crippen molar-refractivity contribution in [3.05, 3.63) is 73.6 Å². The van der Waals surface area contributed by atoms with E-state index < -0.39 is 5.63 Å². The first kappa shape index (κ1) is 17.8. The van der Waals surface area contributed by atoms with Crippen molar-refractivity contribution in [3.63, 3.8) is 0 Å². The average molecular weight is 377 g/mol. The van der Waals surface area contributed by atoms with Gasteiger partial charge in [-0.15, -0.1) is 0 Å². The summed E-state index contributed by atoms with van der Waals surface area (Å²) in [6, 6.07) is 10.5. The van der Waals surface area contributed by atoms with Crippen molar-refractivity contribution < 1.29 is 9.15 Å². The van der Waals surface area contributed by atoms with Crippen LogP contribution in [0.3, 0.4) is 0 Å². The Balaban J connectivity index is 2.02. The van der Waals surface area contributed by atoms with Crippen LogP contribution in [0, 0.1) is 6.92 Å². The second-order valence-corrected chi connectivity index (χ2v) is 7.16. The van der Waals surface area contributed by atoms with Crippen LogP contribution in [-0.4, -0.2) is 0 Å². The van der Waals surface area contributed by atoms with Gasteiger partial charge in [0.25, 0.3) is 0 Å². The number of benzene rings is 2. The SMILES string of the molecule is Cc1cc2oc(=O)cc(COc3ccc(Cl)cc3Cl)c2cc1C(C)C. The first-order valence-electron chi connectivity index (χ1n) is 8.00. The highest BCUT2D eigenvalue weighted by atomic mass is 35.5. The zero-order chi connectivity index (χ0) is 18.1. The van der Waals surface area contributed by atoms with E-state index in [1.54, 1.807) is 18.2 Å². The molecule has 3 nitrogen and oxygen atoms in total. The van der Waals surface area contributed by atoms with Gasteiger partial charge in [-0.05, 0) is 54.3 Å². The summed E-state index contributed by atoms with van der Waals surface area (Å²) in [6.07, 6.45) is 0. The molecule has 1 aromatic heterocycles. The highest BCUT2D eigenvalue weighted by Gasteiger charge is 2.12. The van der Waals surface area contributed by atoms with E-state index in [2.05, 4.69) is 19.9 Å². The summed E-state index contributed by atoms with van der Waals surface area (Å²) in [5, 5.41) is 1.85. The van der Waals surface area contributed by atoms with E-state index >= 15 is 0 Å². The van der Waals surface area contributed by atoms with Crippen molar-refractivity contribution in [2.24, 2.45) is 0 Å². The molecule has 0 bridgehead atoms. The first-order valence-corrected chi connectivity index (χ1v) is 8.76. The molecule has 0 saturated heterocycles. The van der Waals surface area contributed by atoms with Crippen molar-refractivity contribution in [1.29, 1.82) is 0 Å². The third kappa shape index (κ3) is 3.83. The molecule has 0 N–H and O–H groups in total. The Morgan fingerprint density at radius 1 is 1.12 bits per heavy atom. The maximum absolute atomic E-state index is 11.9. The van der Waals surface area contributed by atoms with Crippen LogP contribution in [0.15, 0.2) is 45.6 Å². The Morgan fingerprint density at radius 2 is 1.88 bits per heavy atom. The highest BCUT2D eigenvalue weighted by molar-refractivity contribution is 6.35. The molecule has 0 atom stereocenters. The van der Waals surface area contributed by atoms with Crippen LogP contribution >= 0.6 is 23.2 Å². The van der Waals surface area contributed by atoms with Crippen LogP contribution in [0.1, 0.15) is 36.5 Å². The third-order valence-corrected chi connectivity index (χ3v) is 4.65. The predicted octanol–water partition coefficient (Wildman–Crippen LogP) is 6.11. The minimum absolute atomic E-state index is 0.212. The van der Waals surface area contributed by atoms with Crippen molar-refractivity contribution in [2.45, 2.75) is 33.3 Å². The Hall–Kier alpha value is -1.97. The van der Waals surface area contributed by atoms with Gasteiger partial charge in [-0.25, -0.2) is 4.79 Å². The van der Waals surface area contributed by atoms with Crippen molar-refractivity contribution >= 4 is 34.2 Å². The van der Waals surface area contributed by atoms with Gasteiger partial charge in [-0.2, -0.15) is 0 Å². The molecule has 0 spiro atoms. The van der Waals surface area contributed by atoms with Gasteiger partial charge in [0.15, 0.2) is 0 Å². The molecule has 3 rings (SSSR count). The fourth-order valence-electron chi connectivity index (χ4n) is 2.88. The molecule has 130 valence electrons. The number of fused-ring (bicyclic) bond motifs is 1. The van der Waals surface area contributed by atoms with Crippen LogP contribution in [0.25, 0.3) is 11.0 Å². The van der Waals surface area contributed by atoms with Crippen molar-refractivity contribution in [1.82, 2.24) is 0 Å². The van der Waals surface area contributed by atoms with E-state index in [1.807, 2.05) is 13.0 Å². The molecule has 5 heteroatoms. The van der Waals surface area contributed by atoms with Crippen LogP contribution in [-0.2, 0) is 6.61 Å². The smallest absolute Gasteiger partial charge is 0.336 e. The molecule has 0 saturated carbocycles.